The maximum Gasteiger partial charge on any atom is 0.306 e. The molecule has 0 saturated carbocycles. The van der Waals surface area contributed by atoms with Gasteiger partial charge in [-0.1, -0.05) is 244 Å². The van der Waals surface area contributed by atoms with Gasteiger partial charge >= 0.3 is 17.9 Å². The van der Waals surface area contributed by atoms with Gasteiger partial charge in [0.2, 0.25) is 0 Å². The molecule has 0 amide bonds. The lowest BCUT2D eigenvalue weighted by Crippen LogP contribution is -2.30. The first kappa shape index (κ1) is 68.3. The van der Waals surface area contributed by atoms with E-state index in [9.17, 15) is 14.4 Å². The summed E-state index contributed by atoms with van der Waals surface area (Å²) in [6.07, 6.45) is 85.6. The van der Waals surface area contributed by atoms with E-state index in [0.29, 0.717) is 19.3 Å². The van der Waals surface area contributed by atoms with E-state index in [1.807, 2.05) is 12.2 Å². The van der Waals surface area contributed by atoms with Crippen LogP contribution < -0.4 is 0 Å². The molecule has 6 heteroatoms. The topological polar surface area (TPSA) is 78.9 Å². The molecule has 0 rings (SSSR count). The molecule has 73 heavy (non-hydrogen) atoms. The molecule has 0 aromatic carbocycles. The summed E-state index contributed by atoms with van der Waals surface area (Å²) < 4.78 is 16.8. The second kappa shape index (κ2) is 59.8. The van der Waals surface area contributed by atoms with Gasteiger partial charge in [0.25, 0.3) is 0 Å². The third kappa shape index (κ3) is 58.1. The standard InChI is InChI=1S/C67H106O6/c1-4-7-10-13-16-19-22-25-28-31-33-36-39-42-45-48-51-54-57-60-66(69)72-63-64(62-71-65(68)59-56-53-50-47-44-41-38-35-30-27-24-21-18-15-12-9-6-3)73-67(70)61-58-55-52-49-46-43-40-37-34-32-29-26-23-20-17-14-11-8-5-2/h7,10,16-21,23,25-28,30,33,36,38,41-42,45,47,50-51,54,64H,4-6,8-9,11-15,22,24,29,31-32,34-35,37,39-40,43-44,46,48-49,52-53,55-63H2,1-3H3/b10-7-,19-16-,20-17-,21-18-,26-23-,28-25-,30-27-,36-33-,41-38-,45-42-,50-47-,54-51-. The molecule has 0 radical (unpaired) electrons. The Morgan fingerprint density at radius 3 is 1.04 bits per heavy atom. The van der Waals surface area contributed by atoms with Crippen LogP contribution in [0.15, 0.2) is 146 Å². The highest BCUT2D eigenvalue weighted by Crippen LogP contribution is 2.14. The highest BCUT2D eigenvalue weighted by molar-refractivity contribution is 5.71. The van der Waals surface area contributed by atoms with E-state index in [-0.39, 0.29) is 44.0 Å². The zero-order chi connectivity index (χ0) is 52.9. The molecule has 410 valence electrons. The Morgan fingerprint density at radius 2 is 0.616 bits per heavy atom. The van der Waals surface area contributed by atoms with Crippen LogP contribution >= 0.6 is 0 Å². The average Bonchev–Trinajstić information content (AvgIpc) is 3.39. The van der Waals surface area contributed by atoms with Gasteiger partial charge < -0.3 is 14.2 Å². The molecule has 0 N–H and O–H groups in total. The summed E-state index contributed by atoms with van der Waals surface area (Å²) in [4.78, 5) is 38.2. The maximum absolute atomic E-state index is 12.9. The molecule has 0 fully saturated rings. The second-order valence-corrected chi connectivity index (χ2v) is 18.8. The minimum Gasteiger partial charge on any atom is -0.462 e. The Bertz CT molecular complexity index is 1630. The number of rotatable bonds is 51. The number of carbonyl (C=O) groups is 3. The summed E-state index contributed by atoms with van der Waals surface area (Å²) in [5, 5.41) is 0. The van der Waals surface area contributed by atoms with Crippen molar-refractivity contribution in [2.45, 2.75) is 245 Å². The van der Waals surface area contributed by atoms with Crippen LogP contribution in [0.3, 0.4) is 0 Å². The number of unbranched alkanes of at least 4 members (excludes halogenated alkanes) is 17. The van der Waals surface area contributed by atoms with Gasteiger partial charge in [0.1, 0.15) is 13.2 Å². The first-order valence-corrected chi connectivity index (χ1v) is 29.4. The molecular formula is C67H106O6. The van der Waals surface area contributed by atoms with Crippen LogP contribution in [-0.2, 0) is 28.6 Å². The summed E-state index contributed by atoms with van der Waals surface area (Å²) in [5.41, 5.74) is 0. The van der Waals surface area contributed by atoms with Crippen LogP contribution in [0.5, 0.6) is 0 Å². The average molecular weight is 1010 g/mol. The molecule has 6 nitrogen and oxygen atoms in total. The molecule has 0 aromatic heterocycles. The monoisotopic (exact) mass is 1010 g/mol. The molecule has 1 atom stereocenters. The first-order chi connectivity index (χ1) is 36.0. The molecule has 0 aromatic rings. The van der Waals surface area contributed by atoms with Gasteiger partial charge in [-0.2, -0.15) is 0 Å². The Kier molecular flexibility index (Phi) is 56.0. The fraction of sp³-hybridized carbons (Fsp3) is 0.597. The van der Waals surface area contributed by atoms with Crippen LogP contribution in [0.25, 0.3) is 0 Å². The van der Waals surface area contributed by atoms with Gasteiger partial charge in [0, 0.05) is 19.3 Å². The lowest BCUT2D eigenvalue weighted by molar-refractivity contribution is -0.166. The fourth-order valence-electron chi connectivity index (χ4n) is 7.45. The molecule has 0 spiro atoms. The van der Waals surface area contributed by atoms with Crippen LogP contribution in [0, 0.1) is 0 Å². The molecule has 0 aliphatic rings. The van der Waals surface area contributed by atoms with Crippen LogP contribution in [-0.4, -0.2) is 37.2 Å². The fourth-order valence-corrected chi connectivity index (χ4v) is 7.45. The summed E-state index contributed by atoms with van der Waals surface area (Å²) in [6, 6.07) is 0. The first-order valence-electron chi connectivity index (χ1n) is 29.4. The van der Waals surface area contributed by atoms with Crippen LogP contribution in [0.2, 0.25) is 0 Å². The van der Waals surface area contributed by atoms with Crippen molar-refractivity contribution in [3.05, 3.63) is 146 Å². The number of ether oxygens (including phenoxy) is 3. The van der Waals surface area contributed by atoms with Crippen molar-refractivity contribution in [3.63, 3.8) is 0 Å². The third-order valence-corrected chi connectivity index (χ3v) is 11.8. The van der Waals surface area contributed by atoms with Gasteiger partial charge in [-0.05, 0) is 122 Å². The van der Waals surface area contributed by atoms with E-state index in [1.165, 1.54) is 103 Å². The SMILES string of the molecule is CC/C=C\C/C=C\C/C=C\C/C=C\C/C=C\C/C=C\CCC(=O)OCC(COC(=O)CCC/C=C\C/C=C\C/C=C\C/C=C\CCCCC)OC(=O)CCCCCCCCCCCC/C=C\C=C/CCCCC. The van der Waals surface area contributed by atoms with E-state index in [4.69, 9.17) is 14.2 Å². The summed E-state index contributed by atoms with van der Waals surface area (Å²) in [5.74, 6) is -1.08. The third-order valence-electron chi connectivity index (χ3n) is 11.8. The zero-order valence-corrected chi connectivity index (χ0v) is 46.8. The number of allylic oxidation sites excluding steroid dienone is 24. The maximum atomic E-state index is 12.9. The Labute approximate surface area is 448 Å². The Hall–Kier alpha value is -4.71. The van der Waals surface area contributed by atoms with Gasteiger partial charge in [0.15, 0.2) is 6.10 Å². The molecule has 0 heterocycles. The van der Waals surface area contributed by atoms with Crippen molar-refractivity contribution >= 4 is 17.9 Å². The van der Waals surface area contributed by atoms with Gasteiger partial charge in [-0.25, -0.2) is 0 Å². The van der Waals surface area contributed by atoms with E-state index in [0.717, 1.165) is 83.5 Å². The summed E-state index contributed by atoms with van der Waals surface area (Å²) in [6.45, 7) is 6.35. The Balaban J connectivity index is 4.60. The number of esters is 3. The van der Waals surface area contributed by atoms with Crippen LogP contribution in [0.4, 0.5) is 0 Å². The lowest BCUT2D eigenvalue weighted by atomic mass is 10.1. The zero-order valence-electron chi connectivity index (χ0n) is 46.8. The van der Waals surface area contributed by atoms with Gasteiger partial charge in [-0.15, -0.1) is 0 Å². The van der Waals surface area contributed by atoms with Crippen molar-refractivity contribution in [2.75, 3.05) is 13.2 Å². The minimum absolute atomic E-state index is 0.136. The number of hydrogen-bond donors (Lipinski definition) is 0. The molecule has 0 aliphatic carbocycles. The van der Waals surface area contributed by atoms with E-state index in [1.54, 1.807) is 0 Å². The van der Waals surface area contributed by atoms with Gasteiger partial charge in [0.05, 0.1) is 0 Å². The van der Waals surface area contributed by atoms with Crippen molar-refractivity contribution in [1.82, 2.24) is 0 Å². The molecular weight excluding hydrogens is 901 g/mol. The van der Waals surface area contributed by atoms with E-state index < -0.39 is 6.10 Å². The quantitative estimate of drug-likeness (QED) is 0.0199. The summed E-state index contributed by atoms with van der Waals surface area (Å²) >= 11 is 0. The van der Waals surface area contributed by atoms with Crippen molar-refractivity contribution in [3.8, 4) is 0 Å². The van der Waals surface area contributed by atoms with Crippen molar-refractivity contribution in [2.24, 2.45) is 0 Å². The summed E-state index contributed by atoms with van der Waals surface area (Å²) in [7, 11) is 0. The van der Waals surface area contributed by atoms with E-state index >= 15 is 0 Å². The minimum atomic E-state index is -0.840. The van der Waals surface area contributed by atoms with Crippen molar-refractivity contribution in [1.29, 1.82) is 0 Å². The predicted molar refractivity (Wildman–Crippen MR) is 315 cm³/mol. The molecule has 0 aliphatic heterocycles. The molecule has 1 unspecified atom stereocenters. The Morgan fingerprint density at radius 1 is 0.301 bits per heavy atom. The highest BCUT2D eigenvalue weighted by atomic mass is 16.6. The smallest absolute Gasteiger partial charge is 0.306 e. The number of hydrogen-bond acceptors (Lipinski definition) is 6. The van der Waals surface area contributed by atoms with Crippen LogP contribution in [0.1, 0.15) is 239 Å². The lowest BCUT2D eigenvalue weighted by Gasteiger charge is -2.18. The largest absolute Gasteiger partial charge is 0.462 e. The predicted octanol–water partition coefficient (Wildman–Crippen LogP) is 20.0. The normalized spacial score (nSPS) is 13.2. The van der Waals surface area contributed by atoms with E-state index in [2.05, 4.69) is 154 Å². The number of carbonyl (C=O) groups excluding carboxylic acids is 3. The second-order valence-electron chi connectivity index (χ2n) is 18.8. The van der Waals surface area contributed by atoms with Crippen molar-refractivity contribution < 1.29 is 28.6 Å². The highest BCUT2D eigenvalue weighted by Gasteiger charge is 2.19. The van der Waals surface area contributed by atoms with Gasteiger partial charge in [-0.3, -0.25) is 14.4 Å². The molecule has 0 bridgehead atoms. The molecule has 0 saturated heterocycles.